The first kappa shape index (κ1) is 14.8. The molecule has 1 atom stereocenters. The van der Waals surface area contributed by atoms with Crippen LogP contribution in [-0.2, 0) is 10.8 Å². The summed E-state index contributed by atoms with van der Waals surface area (Å²) in [5.74, 6) is 0.621. The van der Waals surface area contributed by atoms with Crippen LogP contribution in [0, 0.1) is 0 Å². The maximum atomic E-state index is 12.2. The van der Waals surface area contributed by atoms with Crippen LogP contribution in [0.15, 0.2) is 23.1 Å². The molecular formula is C13H20ClN3OS. The first-order chi connectivity index (χ1) is 9.06. The van der Waals surface area contributed by atoms with Gasteiger partial charge in [-0.1, -0.05) is 11.6 Å². The fraction of sp³-hybridized carbons (Fsp3) is 0.538. The Labute approximate surface area is 122 Å². The number of benzene rings is 1. The number of hydrogen-bond donors (Lipinski definition) is 1. The molecule has 1 aliphatic rings. The summed E-state index contributed by atoms with van der Waals surface area (Å²) in [6.45, 7) is 5.10. The molecule has 0 saturated carbocycles. The molecule has 0 aliphatic carbocycles. The van der Waals surface area contributed by atoms with Crippen LogP contribution in [0.25, 0.3) is 0 Å². The van der Waals surface area contributed by atoms with E-state index in [0.717, 1.165) is 32.7 Å². The zero-order valence-corrected chi connectivity index (χ0v) is 12.7. The predicted molar refractivity (Wildman–Crippen MR) is 81.1 cm³/mol. The number of piperazine rings is 1. The number of anilines is 1. The second-order valence-corrected chi connectivity index (χ2v) is 6.85. The minimum atomic E-state index is -1.05. The maximum Gasteiger partial charge on any atom is 0.0618 e. The Kier molecular flexibility index (Phi) is 5.21. The van der Waals surface area contributed by atoms with Crippen LogP contribution in [0.1, 0.15) is 0 Å². The summed E-state index contributed by atoms with van der Waals surface area (Å²) in [4.78, 5) is 5.35. The highest BCUT2D eigenvalue weighted by Crippen LogP contribution is 2.21. The van der Waals surface area contributed by atoms with Gasteiger partial charge in [0.05, 0.1) is 15.7 Å². The van der Waals surface area contributed by atoms with E-state index in [-0.39, 0.29) is 0 Å². The summed E-state index contributed by atoms with van der Waals surface area (Å²) in [7, 11) is 1.08. The predicted octanol–water partition coefficient (Wildman–Crippen LogP) is 1.28. The largest absolute Gasteiger partial charge is 0.398 e. The molecule has 19 heavy (non-hydrogen) atoms. The van der Waals surface area contributed by atoms with E-state index in [1.807, 2.05) is 0 Å². The number of rotatable bonds is 4. The smallest absolute Gasteiger partial charge is 0.0618 e. The number of likely N-dealkylation sites (N-methyl/N-ethyl adjacent to an activating group) is 1. The minimum absolute atomic E-state index is 0.518. The Morgan fingerprint density at radius 3 is 2.63 bits per heavy atom. The highest BCUT2D eigenvalue weighted by atomic mass is 35.5. The summed E-state index contributed by atoms with van der Waals surface area (Å²) < 4.78 is 12.2. The average Bonchev–Trinajstić information content (AvgIpc) is 2.37. The van der Waals surface area contributed by atoms with E-state index >= 15 is 0 Å². The molecule has 0 radical (unpaired) electrons. The molecule has 1 heterocycles. The van der Waals surface area contributed by atoms with Crippen LogP contribution in [0.4, 0.5) is 5.69 Å². The van der Waals surface area contributed by atoms with Crippen molar-refractivity contribution in [2.45, 2.75) is 4.90 Å². The Balaban J connectivity index is 1.87. The van der Waals surface area contributed by atoms with Gasteiger partial charge in [0.15, 0.2) is 0 Å². The van der Waals surface area contributed by atoms with Crippen molar-refractivity contribution in [3.8, 4) is 0 Å². The summed E-state index contributed by atoms with van der Waals surface area (Å²) in [6, 6.07) is 5.16. The number of halogens is 1. The van der Waals surface area contributed by atoms with E-state index in [4.69, 9.17) is 17.3 Å². The van der Waals surface area contributed by atoms with Gasteiger partial charge in [0.1, 0.15) is 0 Å². The van der Waals surface area contributed by atoms with Crippen molar-refractivity contribution < 1.29 is 4.21 Å². The summed E-state index contributed by atoms with van der Waals surface area (Å²) in [5, 5.41) is 0.581. The van der Waals surface area contributed by atoms with Gasteiger partial charge in [-0.2, -0.15) is 0 Å². The van der Waals surface area contributed by atoms with E-state index in [9.17, 15) is 4.21 Å². The molecular weight excluding hydrogens is 282 g/mol. The molecule has 0 spiro atoms. The zero-order chi connectivity index (χ0) is 13.8. The zero-order valence-electron chi connectivity index (χ0n) is 11.1. The summed E-state index contributed by atoms with van der Waals surface area (Å²) in [5.41, 5.74) is 6.37. The fourth-order valence-electron chi connectivity index (χ4n) is 2.12. The number of nitrogens with two attached hydrogens (primary N) is 1. The third-order valence-electron chi connectivity index (χ3n) is 3.41. The van der Waals surface area contributed by atoms with Gasteiger partial charge >= 0.3 is 0 Å². The van der Waals surface area contributed by atoms with Gasteiger partial charge in [-0.25, -0.2) is 0 Å². The van der Waals surface area contributed by atoms with Gasteiger partial charge in [-0.3, -0.25) is 9.11 Å². The van der Waals surface area contributed by atoms with Crippen LogP contribution in [0.3, 0.4) is 0 Å². The van der Waals surface area contributed by atoms with Crippen LogP contribution in [0.2, 0.25) is 5.02 Å². The molecule has 0 amide bonds. The third kappa shape index (κ3) is 4.18. The Hall–Kier alpha value is -0.620. The van der Waals surface area contributed by atoms with Gasteiger partial charge in [0, 0.05) is 49.2 Å². The van der Waals surface area contributed by atoms with E-state index in [1.165, 1.54) is 0 Å². The van der Waals surface area contributed by atoms with Crippen molar-refractivity contribution in [3.63, 3.8) is 0 Å². The molecule has 0 aromatic heterocycles. The lowest BCUT2D eigenvalue weighted by Gasteiger charge is -2.32. The molecule has 1 aromatic carbocycles. The molecule has 2 N–H and O–H groups in total. The highest BCUT2D eigenvalue weighted by molar-refractivity contribution is 7.85. The molecule has 1 aromatic rings. The highest BCUT2D eigenvalue weighted by Gasteiger charge is 2.15. The summed E-state index contributed by atoms with van der Waals surface area (Å²) >= 11 is 5.84. The molecule has 1 fully saturated rings. The number of hydrogen-bond acceptors (Lipinski definition) is 4. The van der Waals surface area contributed by atoms with Gasteiger partial charge in [0.25, 0.3) is 0 Å². The molecule has 1 unspecified atom stereocenters. The number of nitrogens with zero attached hydrogens (tertiary/aromatic N) is 2. The standard InChI is InChI=1S/C13H20ClN3OS/c1-16-4-6-17(7-5-16)8-9-19(18)13-3-2-11(14)10-12(13)15/h2-3,10H,4-9,15H2,1H3. The van der Waals surface area contributed by atoms with Crippen LogP contribution >= 0.6 is 11.6 Å². The fourth-order valence-corrected chi connectivity index (χ4v) is 3.49. The Morgan fingerprint density at radius 2 is 2.00 bits per heavy atom. The molecule has 2 rings (SSSR count). The van der Waals surface area contributed by atoms with Gasteiger partial charge in [-0.05, 0) is 25.2 Å². The lowest BCUT2D eigenvalue weighted by atomic mass is 10.3. The second kappa shape index (κ2) is 6.70. The SMILES string of the molecule is CN1CCN(CCS(=O)c2ccc(Cl)cc2N)CC1. The normalized spacial score (nSPS) is 19.5. The number of nitrogen functional groups attached to an aromatic ring is 1. The van der Waals surface area contributed by atoms with Crippen molar-refractivity contribution in [3.05, 3.63) is 23.2 Å². The lowest BCUT2D eigenvalue weighted by Crippen LogP contribution is -2.45. The Morgan fingerprint density at radius 1 is 1.32 bits per heavy atom. The van der Waals surface area contributed by atoms with E-state index in [1.54, 1.807) is 18.2 Å². The van der Waals surface area contributed by atoms with Gasteiger partial charge in [-0.15, -0.1) is 0 Å². The summed E-state index contributed by atoms with van der Waals surface area (Å²) in [6.07, 6.45) is 0. The van der Waals surface area contributed by atoms with Crippen LogP contribution < -0.4 is 5.73 Å². The van der Waals surface area contributed by atoms with Gasteiger partial charge < -0.3 is 10.6 Å². The first-order valence-corrected chi connectivity index (χ1v) is 8.10. The van der Waals surface area contributed by atoms with Crippen molar-refractivity contribution in [1.29, 1.82) is 0 Å². The van der Waals surface area contributed by atoms with Crippen molar-refractivity contribution in [2.75, 3.05) is 51.3 Å². The Bertz CT molecular complexity index is 461. The monoisotopic (exact) mass is 301 g/mol. The van der Waals surface area contributed by atoms with E-state index in [0.29, 0.717) is 21.4 Å². The quantitative estimate of drug-likeness (QED) is 0.851. The van der Waals surface area contributed by atoms with Crippen LogP contribution in [-0.4, -0.2) is 59.5 Å². The van der Waals surface area contributed by atoms with Crippen molar-refractivity contribution in [2.24, 2.45) is 0 Å². The molecule has 6 heteroatoms. The van der Waals surface area contributed by atoms with E-state index < -0.39 is 10.8 Å². The maximum absolute atomic E-state index is 12.2. The average molecular weight is 302 g/mol. The molecule has 4 nitrogen and oxygen atoms in total. The molecule has 1 saturated heterocycles. The minimum Gasteiger partial charge on any atom is -0.398 e. The molecule has 0 bridgehead atoms. The third-order valence-corrected chi connectivity index (χ3v) is 5.06. The second-order valence-electron chi connectivity index (χ2n) is 4.88. The lowest BCUT2D eigenvalue weighted by molar-refractivity contribution is 0.161. The molecule has 1 aliphatic heterocycles. The van der Waals surface area contributed by atoms with E-state index in [2.05, 4.69) is 16.8 Å². The van der Waals surface area contributed by atoms with Gasteiger partial charge in [0.2, 0.25) is 0 Å². The van der Waals surface area contributed by atoms with Crippen LogP contribution in [0.5, 0.6) is 0 Å². The van der Waals surface area contributed by atoms with Crippen molar-refractivity contribution >= 4 is 28.1 Å². The molecule has 106 valence electrons. The van der Waals surface area contributed by atoms with Crippen molar-refractivity contribution in [1.82, 2.24) is 9.80 Å². The topological polar surface area (TPSA) is 49.6 Å². The first-order valence-electron chi connectivity index (χ1n) is 6.40.